The van der Waals surface area contributed by atoms with Crippen molar-refractivity contribution >= 4 is 5.97 Å². The van der Waals surface area contributed by atoms with Crippen LogP contribution in [-0.4, -0.2) is 61.9 Å². The molecule has 0 aliphatic carbocycles. The Bertz CT molecular complexity index is 299. The number of esters is 1. The highest BCUT2D eigenvalue weighted by Crippen LogP contribution is 2.15. The van der Waals surface area contributed by atoms with Gasteiger partial charge in [-0.3, -0.25) is 9.69 Å². The zero-order chi connectivity index (χ0) is 15.0. The minimum Gasteiger partial charge on any atom is -0.465 e. The number of nitrogens with one attached hydrogen (secondary N) is 1. The van der Waals surface area contributed by atoms with Gasteiger partial charge in [0.15, 0.2) is 0 Å². The molecule has 1 aliphatic heterocycles. The van der Waals surface area contributed by atoms with E-state index in [2.05, 4.69) is 17.1 Å². The average Bonchev–Trinajstić information content (AvgIpc) is 2.46. The van der Waals surface area contributed by atoms with E-state index in [0.717, 1.165) is 45.6 Å². The maximum atomic E-state index is 12.1. The summed E-state index contributed by atoms with van der Waals surface area (Å²) < 4.78 is 10.9. The Hall–Kier alpha value is -0.650. The van der Waals surface area contributed by atoms with Gasteiger partial charge in [0.1, 0.15) is 5.54 Å². The zero-order valence-corrected chi connectivity index (χ0v) is 13.4. The van der Waals surface area contributed by atoms with E-state index in [-0.39, 0.29) is 5.97 Å². The first-order valence-electron chi connectivity index (χ1n) is 7.81. The molecule has 0 aromatic rings. The van der Waals surface area contributed by atoms with E-state index in [4.69, 9.17) is 9.47 Å². The van der Waals surface area contributed by atoms with Crippen molar-refractivity contribution in [2.45, 2.75) is 52.2 Å². The zero-order valence-electron chi connectivity index (χ0n) is 13.4. The number of hydrogen-bond acceptors (Lipinski definition) is 5. The van der Waals surface area contributed by atoms with Crippen molar-refractivity contribution in [3.63, 3.8) is 0 Å². The van der Waals surface area contributed by atoms with Crippen molar-refractivity contribution in [1.82, 2.24) is 10.2 Å². The normalized spacial score (nSPS) is 23.3. The molecule has 1 heterocycles. The summed E-state index contributed by atoms with van der Waals surface area (Å²) in [7, 11) is 0. The van der Waals surface area contributed by atoms with Crippen molar-refractivity contribution in [1.29, 1.82) is 0 Å². The van der Waals surface area contributed by atoms with Crippen LogP contribution in [-0.2, 0) is 14.3 Å². The molecule has 0 aromatic heterocycles. The summed E-state index contributed by atoms with van der Waals surface area (Å²) in [6, 6.07) is 0. The van der Waals surface area contributed by atoms with E-state index >= 15 is 0 Å². The number of nitrogens with zero attached hydrogens (tertiary/aromatic N) is 1. The van der Waals surface area contributed by atoms with E-state index in [9.17, 15) is 4.79 Å². The standard InChI is InChI=1S/C15H30N2O3/c1-5-13-12-17(10-11-20-13)9-8-15(4,16-6-2)14(18)19-7-3/h13,16H,5-12H2,1-4H3. The Morgan fingerprint density at radius 3 is 2.80 bits per heavy atom. The van der Waals surface area contributed by atoms with Gasteiger partial charge in [0.2, 0.25) is 0 Å². The molecular weight excluding hydrogens is 256 g/mol. The highest BCUT2D eigenvalue weighted by molar-refractivity contribution is 5.80. The van der Waals surface area contributed by atoms with Gasteiger partial charge in [-0.1, -0.05) is 13.8 Å². The third kappa shape index (κ3) is 5.04. The van der Waals surface area contributed by atoms with E-state index in [1.165, 1.54) is 0 Å². The fraction of sp³-hybridized carbons (Fsp3) is 0.933. The Kier molecular flexibility index (Phi) is 7.48. The maximum absolute atomic E-state index is 12.1. The minimum absolute atomic E-state index is 0.151. The molecule has 20 heavy (non-hydrogen) atoms. The molecule has 2 unspecified atom stereocenters. The molecule has 118 valence electrons. The molecule has 0 saturated carbocycles. The monoisotopic (exact) mass is 286 g/mol. The molecule has 1 N–H and O–H groups in total. The van der Waals surface area contributed by atoms with Gasteiger partial charge in [-0.15, -0.1) is 0 Å². The van der Waals surface area contributed by atoms with Gasteiger partial charge < -0.3 is 14.8 Å². The maximum Gasteiger partial charge on any atom is 0.326 e. The molecular formula is C15H30N2O3. The summed E-state index contributed by atoms with van der Waals surface area (Å²) in [5.74, 6) is -0.151. The average molecular weight is 286 g/mol. The van der Waals surface area contributed by atoms with Gasteiger partial charge in [-0.25, -0.2) is 0 Å². The second-order valence-electron chi connectivity index (χ2n) is 5.53. The van der Waals surface area contributed by atoms with Crippen LogP contribution in [0.2, 0.25) is 0 Å². The van der Waals surface area contributed by atoms with Gasteiger partial charge in [-0.2, -0.15) is 0 Å². The Morgan fingerprint density at radius 2 is 2.20 bits per heavy atom. The summed E-state index contributed by atoms with van der Waals surface area (Å²) in [4.78, 5) is 14.5. The number of hydrogen-bond donors (Lipinski definition) is 1. The first kappa shape index (κ1) is 17.4. The smallest absolute Gasteiger partial charge is 0.326 e. The van der Waals surface area contributed by atoms with Gasteiger partial charge in [0.25, 0.3) is 0 Å². The van der Waals surface area contributed by atoms with Crippen molar-refractivity contribution < 1.29 is 14.3 Å². The van der Waals surface area contributed by atoms with Crippen LogP contribution in [0.4, 0.5) is 0 Å². The lowest BCUT2D eigenvalue weighted by Crippen LogP contribution is -2.53. The summed E-state index contributed by atoms with van der Waals surface area (Å²) in [5.41, 5.74) is -0.592. The second kappa shape index (κ2) is 8.60. The molecule has 0 aromatic carbocycles. The summed E-state index contributed by atoms with van der Waals surface area (Å²) in [6.07, 6.45) is 2.13. The lowest BCUT2D eigenvalue weighted by molar-refractivity contribution is -0.151. The molecule has 1 saturated heterocycles. The topological polar surface area (TPSA) is 50.8 Å². The van der Waals surface area contributed by atoms with E-state index in [1.807, 2.05) is 20.8 Å². The van der Waals surface area contributed by atoms with Gasteiger partial charge in [0, 0.05) is 19.6 Å². The molecule has 0 spiro atoms. The minimum atomic E-state index is -0.592. The van der Waals surface area contributed by atoms with Gasteiger partial charge in [-0.05, 0) is 33.2 Å². The molecule has 0 amide bonds. The number of morpholine rings is 1. The SMILES string of the molecule is CCNC(C)(CCN1CCOC(CC)C1)C(=O)OCC. The molecule has 1 rings (SSSR count). The van der Waals surface area contributed by atoms with Gasteiger partial charge in [0.05, 0.1) is 19.3 Å². The number of ether oxygens (including phenoxy) is 2. The van der Waals surface area contributed by atoms with Crippen molar-refractivity contribution in [3.05, 3.63) is 0 Å². The van der Waals surface area contributed by atoms with Crippen LogP contribution in [0, 0.1) is 0 Å². The molecule has 5 heteroatoms. The molecule has 0 radical (unpaired) electrons. The second-order valence-corrected chi connectivity index (χ2v) is 5.53. The Morgan fingerprint density at radius 1 is 1.45 bits per heavy atom. The molecule has 1 aliphatic rings. The highest BCUT2D eigenvalue weighted by Gasteiger charge is 2.34. The number of rotatable bonds is 8. The number of carbonyl (C=O) groups excluding carboxylic acids is 1. The van der Waals surface area contributed by atoms with Crippen LogP contribution in [0.25, 0.3) is 0 Å². The first-order valence-corrected chi connectivity index (χ1v) is 7.81. The quantitative estimate of drug-likeness (QED) is 0.684. The highest BCUT2D eigenvalue weighted by atomic mass is 16.5. The third-order valence-corrected chi connectivity index (χ3v) is 3.90. The Balaban J connectivity index is 2.51. The van der Waals surface area contributed by atoms with Crippen LogP contribution < -0.4 is 5.32 Å². The number of likely N-dealkylation sites (N-methyl/N-ethyl adjacent to an activating group) is 1. The number of carbonyl (C=O) groups is 1. The van der Waals surface area contributed by atoms with Crippen molar-refractivity contribution in [2.75, 3.05) is 39.4 Å². The Labute approximate surface area is 123 Å². The van der Waals surface area contributed by atoms with Crippen molar-refractivity contribution in [2.24, 2.45) is 0 Å². The van der Waals surface area contributed by atoms with Crippen LogP contribution in [0.5, 0.6) is 0 Å². The predicted molar refractivity (Wildman–Crippen MR) is 79.8 cm³/mol. The molecule has 0 bridgehead atoms. The molecule has 1 fully saturated rings. The fourth-order valence-corrected chi connectivity index (χ4v) is 2.56. The summed E-state index contributed by atoms with van der Waals surface area (Å²) in [6.45, 7) is 12.7. The lowest BCUT2D eigenvalue weighted by atomic mass is 9.97. The van der Waals surface area contributed by atoms with Crippen molar-refractivity contribution in [3.8, 4) is 0 Å². The van der Waals surface area contributed by atoms with Crippen LogP contribution in [0.3, 0.4) is 0 Å². The van der Waals surface area contributed by atoms with Crippen LogP contribution in [0.15, 0.2) is 0 Å². The van der Waals surface area contributed by atoms with Crippen LogP contribution >= 0.6 is 0 Å². The summed E-state index contributed by atoms with van der Waals surface area (Å²) in [5, 5.41) is 3.28. The lowest BCUT2D eigenvalue weighted by Gasteiger charge is -2.35. The summed E-state index contributed by atoms with van der Waals surface area (Å²) >= 11 is 0. The largest absolute Gasteiger partial charge is 0.465 e. The third-order valence-electron chi connectivity index (χ3n) is 3.90. The molecule has 2 atom stereocenters. The predicted octanol–water partition coefficient (Wildman–Crippen LogP) is 1.42. The van der Waals surface area contributed by atoms with Gasteiger partial charge >= 0.3 is 5.97 Å². The first-order chi connectivity index (χ1) is 9.55. The van der Waals surface area contributed by atoms with Crippen LogP contribution in [0.1, 0.15) is 40.5 Å². The van der Waals surface area contributed by atoms with E-state index in [0.29, 0.717) is 12.7 Å². The fourth-order valence-electron chi connectivity index (χ4n) is 2.56. The molecule has 5 nitrogen and oxygen atoms in total. The van der Waals surface area contributed by atoms with E-state index in [1.54, 1.807) is 0 Å². The van der Waals surface area contributed by atoms with E-state index < -0.39 is 5.54 Å².